The second-order valence-electron chi connectivity index (χ2n) is 6.10. The van der Waals surface area contributed by atoms with Crippen LogP contribution in [-0.4, -0.2) is 28.2 Å². The molecule has 1 atom stereocenters. The van der Waals surface area contributed by atoms with Crippen molar-refractivity contribution in [2.75, 3.05) is 6.54 Å². The topological polar surface area (TPSA) is 62.3 Å². The minimum atomic E-state index is -0.0939. The number of amides is 2. The lowest BCUT2D eigenvalue weighted by atomic mass is 10.1. The Labute approximate surface area is 152 Å². The number of carbonyl (C=O) groups excluding carboxylic acids is 2. The predicted octanol–water partition coefficient (Wildman–Crippen LogP) is 3.35. The summed E-state index contributed by atoms with van der Waals surface area (Å²) >= 11 is 6.18. The summed E-state index contributed by atoms with van der Waals surface area (Å²) in [5, 5.41) is 3.21. The van der Waals surface area contributed by atoms with E-state index in [1.165, 1.54) is 6.92 Å². The average Bonchev–Trinajstić information content (AvgIpc) is 3.10. The molecule has 2 heterocycles. The summed E-state index contributed by atoms with van der Waals surface area (Å²) in [6.45, 7) is 2.55. The quantitative estimate of drug-likeness (QED) is 0.912. The van der Waals surface area contributed by atoms with E-state index in [0.29, 0.717) is 23.7 Å². The molecule has 3 rings (SSSR count). The Balaban J connectivity index is 1.82. The Hall–Kier alpha value is -2.40. The minimum absolute atomic E-state index is 0.0674. The molecule has 130 valence electrons. The molecule has 0 radical (unpaired) electrons. The van der Waals surface area contributed by atoms with Gasteiger partial charge in [-0.05, 0) is 37.1 Å². The Morgan fingerprint density at radius 2 is 2.04 bits per heavy atom. The fourth-order valence-corrected chi connectivity index (χ4v) is 3.32. The number of aromatic nitrogens is 1. The number of halogens is 1. The highest BCUT2D eigenvalue weighted by molar-refractivity contribution is 6.33. The first-order valence-corrected chi connectivity index (χ1v) is 8.70. The van der Waals surface area contributed by atoms with Gasteiger partial charge in [0.25, 0.3) is 5.91 Å². The van der Waals surface area contributed by atoms with E-state index < -0.39 is 0 Å². The molecule has 1 N–H and O–H groups in total. The summed E-state index contributed by atoms with van der Waals surface area (Å²) in [7, 11) is 0. The first kappa shape index (κ1) is 17.4. The number of hydrogen-bond acceptors (Lipinski definition) is 3. The highest BCUT2D eigenvalue weighted by Gasteiger charge is 2.32. The number of hydrogen-bond donors (Lipinski definition) is 1. The van der Waals surface area contributed by atoms with E-state index in [0.717, 1.165) is 24.2 Å². The van der Waals surface area contributed by atoms with Crippen molar-refractivity contribution in [1.29, 1.82) is 0 Å². The van der Waals surface area contributed by atoms with Crippen molar-refractivity contribution in [3.05, 3.63) is 64.4 Å². The van der Waals surface area contributed by atoms with Gasteiger partial charge in [-0.25, -0.2) is 0 Å². The highest BCUT2D eigenvalue weighted by atomic mass is 35.5. The van der Waals surface area contributed by atoms with Crippen LogP contribution in [0.15, 0.2) is 42.5 Å². The van der Waals surface area contributed by atoms with Gasteiger partial charge in [-0.1, -0.05) is 29.8 Å². The molecule has 0 spiro atoms. The van der Waals surface area contributed by atoms with Crippen LogP contribution in [0, 0.1) is 0 Å². The van der Waals surface area contributed by atoms with Gasteiger partial charge in [-0.3, -0.25) is 14.6 Å². The maximum atomic E-state index is 12.9. The Kier molecular flexibility index (Phi) is 5.34. The van der Waals surface area contributed by atoms with Gasteiger partial charge in [0, 0.05) is 13.5 Å². The van der Waals surface area contributed by atoms with Gasteiger partial charge in [0.1, 0.15) is 0 Å². The molecule has 0 bridgehead atoms. The van der Waals surface area contributed by atoms with E-state index in [1.807, 2.05) is 35.2 Å². The molecule has 0 saturated carbocycles. The molecule has 1 aromatic carbocycles. The van der Waals surface area contributed by atoms with Gasteiger partial charge < -0.3 is 10.2 Å². The van der Waals surface area contributed by atoms with E-state index in [9.17, 15) is 9.59 Å². The molecular weight excluding hydrogens is 338 g/mol. The van der Waals surface area contributed by atoms with Crippen molar-refractivity contribution in [1.82, 2.24) is 15.2 Å². The lowest BCUT2D eigenvalue weighted by molar-refractivity contribution is -0.119. The molecule has 6 heteroatoms. The van der Waals surface area contributed by atoms with Gasteiger partial charge in [-0.15, -0.1) is 0 Å². The zero-order valence-electron chi connectivity index (χ0n) is 14.0. The van der Waals surface area contributed by atoms with Gasteiger partial charge in [-0.2, -0.15) is 0 Å². The van der Waals surface area contributed by atoms with Crippen LogP contribution >= 0.6 is 11.6 Å². The van der Waals surface area contributed by atoms with E-state index in [1.54, 1.807) is 12.1 Å². The SMILES string of the molecule is CC(=O)NCc1cccc([C@H]2CCCN2C(=O)c2ccccc2Cl)n1. The van der Waals surface area contributed by atoms with E-state index in [-0.39, 0.29) is 17.9 Å². The molecule has 1 aliphatic heterocycles. The molecule has 1 aliphatic rings. The molecule has 0 aliphatic carbocycles. The van der Waals surface area contributed by atoms with Crippen molar-refractivity contribution >= 4 is 23.4 Å². The number of nitrogens with one attached hydrogen (secondary N) is 1. The van der Waals surface area contributed by atoms with Crippen LogP contribution in [0.5, 0.6) is 0 Å². The Morgan fingerprint density at radius 3 is 2.80 bits per heavy atom. The second-order valence-corrected chi connectivity index (χ2v) is 6.51. The van der Waals surface area contributed by atoms with Gasteiger partial charge in [0.15, 0.2) is 0 Å². The van der Waals surface area contributed by atoms with Crippen molar-refractivity contribution < 1.29 is 9.59 Å². The zero-order valence-corrected chi connectivity index (χ0v) is 14.8. The van der Waals surface area contributed by atoms with Gasteiger partial charge >= 0.3 is 0 Å². The third-order valence-electron chi connectivity index (χ3n) is 4.31. The standard InChI is InChI=1S/C19H20ClN3O2/c1-13(24)21-12-14-6-4-9-17(22-14)18-10-5-11-23(18)19(25)15-7-2-3-8-16(15)20/h2-4,6-9,18H,5,10-12H2,1H3,(H,21,24)/t18-/m1/s1. The van der Waals surface area contributed by atoms with E-state index in [4.69, 9.17) is 11.6 Å². The fourth-order valence-electron chi connectivity index (χ4n) is 3.10. The highest BCUT2D eigenvalue weighted by Crippen LogP contribution is 2.33. The number of benzene rings is 1. The van der Waals surface area contributed by atoms with Crippen molar-refractivity contribution in [3.8, 4) is 0 Å². The van der Waals surface area contributed by atoms with Crippen LogP contribution < -0.4 is 5.32 Å². The normalized spacial score (nSPS) is 16.7. The number of nitrogens with zero attached hydrogens (tertiary/aromatic N) is 2. The number of pyridine rings is 1. The summed E-state index contributed by atoms with van der Waals surface area (Å²) in [6.07, 6.45) is 1.80. The van der Waals surface area contributed by atoms with Crippen LogP contribution in [0.25, 0.3) is 0 Å². The fraction of sp³-hybridized carbons (Fsp3) is 0.316. The molecule has 1 fully saturated rings. The molecule has 5 nitrogen and oxygen atoms in total. The van der Waals surface area contributed by atoms with Gasteiger partial charge in [0.2, 0.25) is 5.91 Å². The summed E-state index contributed by atoms with van der Waals surface area (Å²) in [5.74, 6) is -0.161. The van der Waals surface area contributed by atoms with Crippen molar-refractivity contribution in [2.24, 2.45) is 0 Å². The maximum absolute atomic E-state index is 12.9. The average molecular weight is 358 g/mol. The first-order chi connectivity index (χ1) is 12.1. The third-order valence-corrected chi connectivity index (χ3v) is 4.64. The lowest BCUT2D eigenvalue weighted by Crippen LogP contribution is -2.31. The predicted molar refractivity (Wildman–Crippen MR) is 96.2 cm³/mol. The minimum Gasteiger partial charge on any atom is -0.351 e. The lowest BCUT2D eigenvalue weighted by Gasteiger charge is -2.25. The van der Waals surface area contributed by atoms with E-state index in [2.05, 4.69) is 10.3 Å². The molecule has 1 saturated heterocycles. The number of rotatable bonds is 4. The summed E-state index contributed by atoms with van der Waals surface area (Å²) < 4.78 is 0. The molecule has 2 amide bonds. The number of carbonyl (C=O) groups is 2. The molecule has 1 aromatic heterocycles. The van der Waals surface area contributed by atoms with Crippen LogP contribution in [-0.2, 0) is 11.3 Å². The number of likely N-dealkylation sites (tertiary alicyclic amines) is 1. The summed E-state index contributed by atoms with van der Waals surface area (Å²) in [5.41, 5.74) is 2.15. The largest absolute Gasteiger partial charge is 0.351 e. The zero-order chi connectivity index (χ0) is 17.8. The molecule has 0 unspecified atom stereocenters. The molecule has 2 aromatic rings. The molecular formula is C19H20ClN3O2. The van der Waals surface area contributed by atoms with Crippen molar-refractivity contribution in [3.63, 3.8) is 0 Å². The van der Waals surface area contributed by atoms with Gasteiger partial charge in [0.05, 0.1) is 34.6 Å². The first-order valence-electron chi connectivity index (χ1n) is 8.32. The van der Waals surface area contributed by atoms with E-state index >= 15 is 0 Å². The second kappa shape index (κ2) is 7.66. The summed E-state index contributed by atoms with van der Waals surface area (Å²) in [4.78, 5) is 30.5. The monoisotopic (exact) mass is 357 g/mol. The van der Waals surface area contributed by atoms with Crippen LogP contribution in [0.2, 0.25) is 5.02 Å². The van der Waals surface area contributed by atoms with Crippen LogP contribution in [0.1, 0.15) is 47.6 Å². The maximum Gasteiger partial charge on any atom is 0.255 e. The molecule has 25 heavy (non-hydrogen) atoms. The van der Waals surface area contributed by atoms with Crippen LogP contribution in [0.4, 0.5) is 0 Å². The third kappa shape index (κ3) is 3.99. The van der Waals surface area contributed by atoms with Crippen LogP contribution in [0.3, 0.4) is 0 Å². The Morgan fingerprint density at radius 1 is 1.24 bits per heavy atom. The van der Waals surface area contributed by atoms with Crippen molar-refractivity contribution in [2.45, 2.75) is 32.4 Å². The Bertz CT molecular complexity index is 794. The smallest absolute Gasteiger partial charge is 0.255 e. The summed E-state index contributed by atoms with van der Waals surface area (Å²) in [6, 6.07) is 12.8.